The number of alkyl halides is 3. The fraction of sp³-hybridized carbons (Fsp3) is 0.154. The van der Waals surface area contributed by atoms with E-state index in [0.29, 0.717) is 0 Å². The van der Waals surface area contributed by atoms with Crippen LogP contribution in [0.5, 0.6) is 0 Å². The van der Waals surface area contributed by atoms with Gasteiger partial charge in [-0.2, -0.15) is 13.2 Å². The zero-order valence-corrected chi connectivity index (χ0v) is 9.70. The Hall–Kier alpha value is -2.24. The van der Waals surface area contributed by atoms with Crippen LogP contribution in [0.1, 0.15) is 21.5 Å². The summed E-state index contributed by atoms with van der Waals surface area (Å²) in [7, 11) is 0. The fourth-order valence-electron chi connectivity index (χ4n) is 1.49. The molecule has 0 aliphatic carbocycles. The maximum absolute atomic E-state index is 12.3. The monoisotopic (exact) mass is 269 g/mol. The lowest BCUT2D eigenvalue weighted by Crippen LogP contribution is -2.22. The van der Waals surface area contributed by atoms with Gasteiger partial charge < -0.3 is 9.73 Å². The molecule has 1 aromatic heterocycles. The second kappa shape index (κ2) is 5.17. The van der Waals surface area contributed by atoms with Crippen LogP contribution in [0.3, 0.4) is 0 Å². The third-order valence-electron chi connectivity index (χ3n) is 2.51. The van der Waals surface area contributed by atoms with Crippen molar-refractivity contribution in [3.8, 4) is 0 Å². The number of furan rings is 1. The molecular weight excluding hydrogens is 259 g/mol. The van der Waals surface area contributed by atoms with Crippen molar-refractivity contribution < 1.29 is 22.4 Å². The average molecular weight is 269 g/mol. The molecule has 3 nitrogen and oxygen atoms in total. The number of halogens is 3. The van der Waals surface area contributed by atoms with E-state index in [2.05, 4.69) is 5.32 Å². The molecule has 0 radical (unpaired) electrons. The summed E-state index contributed by atoms with van der Waals surface area (Å²) in [4.78, 5) is 11.7. The topological polar surface area (TPSA) is 42.2 Å². The highest BCUT2D eigenvalue weighted by atomic mass is 19.4. The summed E-state index contributed by atoms with van der Waals surface area (Å²) in [6.45, 7) is 0.260. The fourth-order valence-corrected chi connectivity index (χ4v) is 1.49. The van der Waals surface area contributed by atoms with E-state index in [1.165, 1.54) is 12.5 Å². The van der Waals surface area contributed by atoms with Gasteiger partial charge >= 0.3 is 6.18 Å². The molecule has 100 valence electrons. The minimum Gasteiger partial charge on any atom is -0.472 e. The standard InChI is InChI=1S/C13H10F3NO2/c14-13(15,16)11-3-1-10(2-4-11)12(18)17-7-9-5-6-19-8-9/h1-6,8H,7H2,(H,17,18). The molecule has 0 bridgehead atoms. The molecule has 19 heavy (non-hydrogen) atoms. The maximum Gasteiger partial charge on any atom is 0.416 e. The molecule has 0 atom stereocenters. The highest BCUT2D eigenvalue weighted by molar-refractivity contribution is 5.94. The van der Waals surface area contributed by atoms with E-state index in [0.717, 1.165) is 29.8 Å². The maximum atomic E-state index is 12.3. The van der Waals surface area contributed by atoms with Gasteiger partial charge in [-0.15, -0.1) is 0 Å². The zero-order valence-electron chi connectivity index (χ0n) is 9.70. The molecule has 1 heterocycles. The number of carbonyl (C=O) groups is 1. The van der Waals surface area contributed by atoms with Gasteiger partial charge in [0.25, 0.3) is 5.91 Å². The Labute approximate surface area is 107 Å². The van der Waals surface area contributed by atoms with Crippen molar-refractivity contribution in [1.82, 2.24) is 5.32 Å². The van der Waals surface area contributed by atoms with Crippen LogP contribution >= 0.6 is 0 Å². The lowest BCUT2D eigenvalue weighted by atomic mass is 10.1. The SMILES string of the molecule is O=C(NCc1ccoc1)c1ccc(C(F)(F)F)cc1. The lowest BCUT2D eigenvalue weighted by molar-refractivity contribution is -0.137. The molecule has 0 aliphatic rings. The number of rotatable bonds is 3. The molecule has 0 fully saturated rings. The van der Waals surface area contributed by atoms with Crippen LogP contribution in [0, 0.1) is 0 Å². The zero-order chi connectivity index (χ0) is 13.9. The van der Waals surface area contributed by atoms with Crippen LogP contribution in [0.4, 0.5) is 13.2 Å². The molecule has 2 aromatic rings. The van der Waals surface area contributed by atoms with Gasteiger partial charge in [-0.3, -0.25) is 4.79 Å². The predicted molar refractivity (Wildman–Crippen MR) is 61.3 cm³/mol. The Morgan fingerprint density at radius 2 is 1.84 bits per heavy atom. The Morgan fingerprint density at radius 1 is 1.16 bits per heavy atom. The summed E-state index contributed by atoms with van der Waals surface area (Å²) in [5.41, 5.74) is 0.177. The van der Waals surface area contributed by atoms with Crippen molar-refractivity contribution in [1.29, 1.82) is 0 Å². The minimum absolute atomic E-state index is 0.177. The average Bonchev–Trinajstić information content (AvgIpc) is 2.88. The molecule has 1 aromatic carbocycles. The van der Waals surface area contributed by atoms with Crippen LogP contribution in [0.25, 0.3) is 0 Å². The van der Waals surface area contributed by atoms with E-state index < -0.39 is 17.6 Å². The molecule has 0 unspecified atom stereocenters. The third-order valence-corrected chi connectivity index (χ3v) is 2.51. The summed E-state index contributed by atoms with van der Waals surface area (Å²) >= 11 is 0. The molecule has 0 aliphatic heterocycles. The number of amides is 1. The normalized spacial score (nSPS) is 11.3. The van der Waals surface area contributed by atoms with Crippen LogP contribution in [0.2, 0.25) is 0 Å². The third kappa shape index (κ3) is 3.37. The molecule has 0 spiro atoms. The van der Waals surface area contributed by atoms with E-state index in [-0.39, 0.29) is 12.1 Å². The highest BCUT2D eigenvalue weighted by Gasteiger charge is 2.30. The van der Waals surface area contributed by atoms with Gasteiger partial charge in [-0.05, 0) is 30.3 Å². The number of nitrogens with one attached hydrogen (secondary N) is 1. The molecular formula is C13H10F3NO2. The first-order valence-electron chi connectivity index (χ1n) is 5.43. The van der Waals surface area contributed by atoms with Gasteiger partial charge in [0.2, 0.25) is 0 Å². The quantitative estimate of drug-likeness (QED) is 0.929. The van der Waals surface area contributed by atoms with Crippen molar-refractivity contribution in [2.24, 2.45) is 0 Å². The van der Waals surface area contributed by atoms with E-state index in [4.69, 9.17) is 4.42 Å². The summed E-state index contributed by atoms with van der Waals surface area (Å²) in [6.07, 6.45) is -1.45. The predicted octanol–water partition coefficient (Wildman–Crippen LogP) is 3.23. The number of hydrogen-bond donors (Lipinski definition) is 1. The van der Waals surface area contributed by atoms with Gasteiger partial charge in [0.15, 0.2) is 0 Å². The van der Waals surface area contributed by atoms with Crippen molar-refractivity contribution in [2.45, 2.75) is 12.7 Å². The molecule has 0 saturated heterocycles. The Kier molecular flexibility index (Phi) is 3.59. The first-order chi connectivity index (χ1) is 8.97. The van der Waals surface area contributed by atoms with E-state index in [1.54, 1.807) is 6.07 Å². The van der Waals surface area contributed by atoms with Crippen LogP contribution in [-0.2, 0) is 12.7 Å². The van der Waals surface area contributed by atoms with Crippen molar-refractivity contribution in [3.63, 3.8) is 0 Å². The highest BCUT2D eigenvalue weighted by Crippen LogP contribution is 2.29. The van der Waals surface area contributed by atoms with E-state index in [9.17, 15) is 18.0 Å². The minimum atomic E-state index is -4.40. The second-order valence-corrected chi connectivity index (χ2v) is 3.89. The number of benzene rings is 1. The van der Waals surface area contributed by atoms with E-state index in [1.807, 2.05) is 0 Å². The van der Waals surface area contributed by atoms with Crippen molar-refractivity contribution in [2.75, 3.05) is 0 Å². The first kappa shape index (κ1) is 13.2. The number of hydrogen-bond acceptors (Lipinski definition) is 2. The molecule has 0 saturated carbocycles. The smallest absolute Gasteiger partial charge is 0.416 e. The van der Waals surface area contributed by atoms with Crippen molar-refractivity contribution >= 4 is 5.91 Å². The lowest BCUT2D eigenvalue weighted by Gasteiger charge is -2.07. The summed E-state index contributed by atoms with van der Waals surface area (Å²) in [5.74, 6) is -0.435. The molecule has 1 N–H and O–H groups in total. The molecule has 2 rings (SSSR count). The second-order valence-electron chi connectivity index (χ2n) is 3.89. The molecule has 6 heteroatoms. The van der Waals surface area contributed by atoms with Crippen molar-refractivity contribution in [3.05, 3.63) is 59.5 Å². The van der Waals surface area contributed by atoms with Gasteiger partial charge in [0.05, 0.1) is 18.1 Å². The summed E-state index contributed by atoms with van der Waals surface area (Å²) in [6, 6.07) is 5.74. The number of carbonyl (C=O) groups excluding carboxylic acids is 1. The summed E-state index contributed by atoms with van der Waals surface area (Å²) in [5, 5.41) is 2.58. The molecule has 1 amide bonds. The summed E-state index contributed by atoms with van der Waals surface area (Å²) < 4.78 is 41.9. The van der Waals surface area contributed by atoms with Gasteiger partial charge in [-0.1, -0.05) is 0 Å². The van der Waals surface area contributed by atoms with Crippen LogP contribution in [-0.4, -0.2) is 5.91 Å². The van der Waals surface area contributed by atoms with E-state index >= 15 is 0 Å². The van der Waals surface area contributed by atoms with Gasteiger partial charge in [0, 0.05) is 17.7 Å². The van der Waals surface area contributed by atoms with Crippen LogP contribution < -0.4 is 5.32 Å². The van der Waals surface area contributed by atoms with Gasteiger partial charge in [-0.25, -0.2) is 0 Å². The Bertz CT molecular complexity index is 544. The largest absolute Gasteiger partial charge is 0.472 e. The Morgan fingerprint density at radius 3 is 2.37 bits per heavy atom. The van der Waals surface area contributed by atoms with Gasteiger partial charge in [0.1, 0.15) is 0 Å². The Balaban J connectivity index is 2.00. The first-order valence-corrected chi connectivity index (χ1v) is 5.43. The van der Waals surface area contributed by atoms with Crippen LogP contribution in [0.15, 0.2) is 47.3 Å².